The number of esters is 1. The summed E-state index contributed by atoms with van der Waals surface area (Å²) in [5.41, 5.74) is 2.84. The van der Waals surface area contributed by atoms with Crippen LogP contribution in [0.15, 0.2) is 54.9 Å². The van der Waals surface area contributed by atoms with Gasteiger partial charge in [0.05, 0.1) is 42.3 Å². The van der Waals surface area contributed by atoms with Gasteiger partial charge in [-0.3, -0.25) is 0 Å². The molecule has 2 heterocycles. The van der Waals surface area contributed by atoms with Gasteiger partial charge in [0.15, 0.2) is 0 Å². The highest BCUT2D eigenvalue weighted by Crippen LogP contribution is 2.30. The van der Waals surface area contributed by atoms with Crippen LogP contribution >= 0.6 is 22.7 Å². The van der Waals surface area contributed by atoms with Crippen molar-refractivity contribution in [1.82, 2.24) is 9.97 Å². The number of carbonyl (C=O) groups excluding carboxylic acids is 1. The molecule has 8 nitrogen and oxygen atoms in total. The van der Waals surface area contributed by atoms with Crippen molar-refractivity contribution in [3.8, 4) is 33.3 Å². The van der Waals surface area contributed by atoms with Crippen molar-refractivity contribution in [1.29, 1.82) is 10.5 Å². The number of carboxylic acid groups (broad SMARTS) is 1. The second-order valence-corrected chi connectivity index (χ2v) is 8.96. The Balaban J connectivity index is 1.40. The van der Waals surface area contributed by atoms with Crippen LogP contribution in [0.5, 0.6) is 0 Å². The van der Waals surface area contributed by atoms with E-state index in [1.807, 2.05) is 0 Å². The molecule has 0 unspecified atom stereocenters. The molecular weight excluding hydrogens is 472 g/mol. The van der Waals surface area contributed by atoms with Crippen molar-refractivity contribution in [2.24, 2.45) is 0 Å². The van der Waals surface area contributed by atoms with Crippen LogP contribution in [0.1, 0.15) is 36.0 Å². The molecule has 0 radical (unpaired) electrons. The smallest absolute Gasteiger partial charge is 0.349 e. The maximum Gasteiger partial charge on any atom is 0.349 e. The summed E-state index contributed by atoms with van der Waals surface area (Å²) >= 11 is 2.15. The van der Waals surface area contributed by atoms with E-state index >= 15 is 0 Å². The minimum atomic E-state index is -1.07. The van der Waals surface area contributed by atoms with E-state index in [4.69, 9.17) is 9.84 Å². The molecule has 0 atom stereocenters. The van der Waals surface area contributed by atoms with Crippen LogP contribution in [0, 0.1) is 22.7 Å². The van der Waals surface area contributed by atoms with Crippen molar-refractivity contribution >= 4 is 34.6 Å². The number of rotatable bonds is 7. The van der Waals surface area contributed by atoms with Gasteiger partial charge < -0.3 is 9.84 Å². The lowest BCUT2D eigenvalue weighted by Gasteiger charge is -2.06. The standard InChI is InChI=1S/C24H14N4O4S2/c25-10-15-3-1-2-4-17(15)21-28-13-20(34-21)24(31)32-8-7-14-5-6-18(16(9-14)11-26)22-27-12-19(33-22)23(29)30/h1-6,9,12-13H,7-8H2,(H,29,30). The molecule has 4 rings (SSSR count). The topological polar surface area (TPSA) is 137 Å². The van der Waals surface area contributed by atoms with Gasteiger partial charge in [-0.05, 0) is 17.7 Å². The number of carbonyl (C=O) groups is 2. The summed E-state index contributed by atoms with van der Waals surface area (Å²) in [6, 6.07) is 16.4. The van der Waals surface area contributed by atoms with E-state index in [1.54, 1.807) is 42.5 Å². The van der Waals surface area contributed by atoms with Gasteiger partial charge in [-0.25, -0.2) is 19.6 Å². The third kappa shape index (κ3) is 4.84. The third-order valence-electron chi connectivity index (χ3n) is 4.76. The quantitative estimate of drug-likeness (QED) is 0.369. The average Bonchev–Trinajstić information content (AvgIpc) is 3.54. The first-order valence-electron chi connectivity index (χ1n) is 9.85. The van der Waals surface area contributed by atoms with E-state index in [-0.39, 0.29) is 11.5 Å². The number of carboxylic acids is 1. The minimum Gasteiger partial charge on any atom is -0.477 e. The number of nitrogens with zero attached hydrogens (tertiary/aromatic N) is 4. The van der Waals surface area contributed by atoms with E-state index in [2.05, 4.69) is 22.1 Å². The number of aromatic nitrogens is 2. The Morgan fingerprint density at radius 1 is 0.912 bits per heavy atom. The largest absolute Gasteiger partial charge is 0.477 e. The van der Waals surface area contributed by atoms with Crippen LogP contribution in [0.4, 0.5) is 0 Å². The Labute approximate surface area is 202 Å². The van der Waals surface area contributed by atoms with E-state index in [9.17, 15) is 20.1 Å². The maximum atomic E-state index is 12.4. The van der Waals surface area contributed by atoms with Gasteiger partial charge in [0, 0.05) is 17.5 Å². The molecule has 0 aliphatic heterocycles. The maximum absolute atomic E-state index is 12.4. The molecule has 0 fully saturated rings. The Bertz CT molecular complexity index is 1480. The van der Waals surface area contributed by atoms with Crippen LogP contribution < -0.4 is 0 Å². The summed E-state index contributed by atoms with van der Waals surface area (Å²) < 4.78 is 5.36. The summed E-state index contributed by atoms with van der Waals surface area (Å²) in [4.78, 5) is 32.3. The lowest BCUT2D eigenvalue weighted by molar-refractivity contribution is 0.0514. The number of hydrogen-bond acceptors (Lipinski definition) is 9. The van der Waals surface area contributed by atoms with Gasteiger partial charge in [-0.2, -0.15) is 10.5 Å². The zero-order valence-electron chi connectivity index (χ0n) is 17.4. The third-order valence-corrected chi connectivity index (χ3v) is 6.79. The van der Waals surface area contributed by atoms with Crippen LogP contribution in [-0.4, -0.2) is 33.6 Å². The molecule has 0 saturated carbocycles. The highest BCUT2D eigenvalue weighted by molar-refractivity contribution is 7.17. The Morgan fingerprint density at radius 3 is 2.24 bits per heavy atom. The molecule has 1 N–H and O–H groups in total. The predicted molar refractivity (Wildman–Crippen MR) is 125 cm³/mol. The minimum absolute atomic E-state index is 0.0946. The molecule has 34 heavy (non-hydrogen) atoms. The first-order valence-corrected chi connectivity index (χ1v) is 11.5. The molecule has 0 aliphatic rings. The summed E-state index contributed by atoms with van der Waals surface area (Å²) in [5.74, 6) is -1.58. The van der Waals surface area contributed by atoms with Gasteiger partial charge in [-0.15, -0.1) is 22.7 Å². The fourth-order valence-corrected chi connectivity index (χ4v) is 4.76. The highest BCUT2D eigenvalue weighted by atomic mass is 32.1. The van der Waals surface area contributed by atoms with Gasteiger partial charge in [-0.1, -0.05) is 30.3 Å². The zero-order valence-corrected chi connectivity index (χ0v) is 19.0. The molecule has 0 amide bonds. The Morgan fingerprint density at radius 2 is 1.56 bits per heavy atom. The van der Waals surface area contributed by atoms with Crippen LogP contribution in [0.2, 0.25) is 0 Å². The van der Waals surface area contributed by atoms with Crippen LogP contribution in [-0.2, 0) is 11.2 Å². The Kier molecular flexibility index (Phi) is 6.74. The summed E-state index contributed by atoms with van der Waals surface area (Å²) in [7, 11) is 0. The molecule has 0 bridgehead atoms. The normalized spacial score (nSPS) is 10.3. The second-order valence-electron chi connectivity index (χ2n) is 6.90. The summed E-state index contributed by atoms with van der Waals surface area (Å²) in [6.45, 7) is 0.103. The van der Waals surface area contributed by atoms with E-state index < -0.39 is 11.9 Å². The number of benzene rings is 2. The fourth-order valence-electron chi connectivity index (χ4n) is 3.12. The van der Waals surface area contributed by atoms with E-state index in [1.165, 1.54) is 12.4 Å². The number of hydrogen-bond donors (Lipinski definition) is 1. The summed E-state index contributed by atoms with van der Waals surface area (Å²) in [5, 5.41) is 28.8. The average molecular weight is 487 g/mol. The number of aromatic carboxylic acids is 1. The SMILES string of the molecule is N#Cc1cc(CCOC(=O)c2cnc(-c3ccccc3C#N)s2)ccc1-c1ncc(C(=O)O)s1. The van der Waals surface area contributed by atoms with Gasteiger partial charge in [0.1, 0.15) is 19.8 Å². The van der Waals surface area contributed by atoms with E-state index in [0.717, 1.165) is 28.2 Å². The van der Waals surface area contributed by atoms with Crippen molar-refractivity contribution in [3.05, 3.63) is 81.3 Å². The molecule has 0 spiro atoms. The number of ether oxygens (including phenoxy) is 1. The van der Waals surface area contributed by atoms with Crippen molar-refractivity contribution in [2.75, 3.05) is 6.61 Å². The summed E-state index contributed by atoms with van der Waals surface area (Å²) in [6.07, 6.45) is 3.08. The molecular formula is C24H14N4O4S2. The zero-order chi connectivity index (χ0) is 24.1. The lowest BCUT2D eigenvalue weighted by Crippen LogP contribution is -2.06. The fraction of sp³-hybridized carbons (Fsp3) is 0.0833. The lowest BCUT2D eigenvalue weighted by atomic mass is 10.0. The van der Waals surface area contributed by atoms with Gasteiger partial charge in [0.2, 0.25) is 0 Å². The Hall–Kier alpha value is -4.38. The highest BCUT2D eigenvalue weighted by Gasteiger charge is 2.16. The van der Waals surface area contributed by atoms with Crippen molar-refractivity contribution in [2.45, 2.75) is 6.42 Å². The molecule has 0 saturated heterocycles. The van der Waals surface area contributed by atoms with Gasteiger partial charge >= 0.3 is 11.9 Å². The number of thiazole rings is 2. The number of nitriles is 2. The van der Waals surface area contributed by atoms with Crippen LogP contribution in [0.3, 0.4) is 0 Å². The van der Waals surface area contributed by atoms with Gasteiger partial charge in [0.25, 0.3) is 0 Å². The molecule has 0 aliphatic carbocycles. The molecule has 10 heteroatoms. The van der Waals surface area contributed by atoms with Crippen molar-refractivity contribution in [3.63, 3.8) is 0 Å². The predicted octanol–water partition coefficient (Wildman–Crippen LogP) is 4.77. The molecule has 166 valence electrons. The monoisotopic (exact) mass is 486 g/mol. The van der Waals surface area contributed by atoms with E-state index in [0.29, 0.717) is 43.6 Å². The molecule has 2 aromatic heterocycles. The van der Waals surface area contributed by atoms with Crippen LogP contribution in [0.25, 0.3) is 21.1 Å². The molecule has 4 aromatic rings. The first kappa shape index (κ1) is 22.8. The molecule has 2 aromatic carbocycles. The van der Waals surface area contributed by atoms with Crippen molar-refractivity contribution < 1.29 is 19.4 Å². The second kappa shape index (κ2) is 10.0. The first-order chi connectivity index (χ1) is 16.5.